The van der Waals surface area contributed by atoms with Crippen LogP contribution in [-0.2, 0) is 16.6 Å². The van der Waals surface area contributed by atoms with Gasteiger partial charge in [0, 0.05) is 19.4 Å². The maximum absolute atomic E-state index is 12.7. The Morgan fingerprint density at radius 3 is 2.44 bits per heavy atom. The lowest BCUT2D eigenvalue weighted by atomic mass is 10.3. The molecule has 0 atom stereocenters. The van der Waals surface area contributed by atoms with E-state index in [1.54, 1.807) is 30.8 Å². The fraction of sp³-hybridized carbons (Fsp3) is 0.158. The molecule has 1 aromatic carbocycles. The molecular formula is C19H18N4O4. The van der Waals surface area contributed by atoms with Gasteiger partial charge in [0.25, 0.3) is 11.5 Å². The molecule has 0 spiro atoms. The van der Waals surface area contributed by atoms with Gasteiger partial charge in [-0.15, -0.1) is 0 Å². The van der Waals surface area contributed by atoms with Crippen molar-refractivity contribution in [2.24, 2.45) is 7.05 Å². The van der Waals surface area contributed by atoms with Crippen molar-refractivity contribution in [2.45, 2.75) is 6.92 Å². The number of amides is 1. The molecule has 3 rings (SSSR count). The van der Waals surface area contributed by atoms with Crippen molar-refractivity contribution in [3.63, 3.8) is 0 Å². The van der Waals surface area contributed by atoms with Gasteiger partial charge in [-0.25, -0.2) is 9.48 Å². The number of aromatic nitrogens is 3. The number of carbonyl (C=O) groups excluding carboxylic acids is 2. The van der Waals surface area contributed by atoms with Gasteiger partial charge >= 0.3 is 5.97 Å². The van der Waals surface area contributed by atoms with Crippen LogP contribution in [0, 0.1) is 6.92 Å². The van der Waals surface area contributed by atoms with Gasteiger partial charge in [-0.2, -0.15) is 0 Å². The van der Waals surface area contributed by atoms with E-state index >= 15 is 0 Å². The molecule has 8 nitrogen and oxygen atoms in total. The van der Waals surface area contributed by atoms with Crippen LogP contribution in [0.5, 0.6) is 0 Å². The van der Waals surface area contributed by atoms with Crippen LogP contribution in [0.3, 0.4) is 0 Å². The van der Waals surface area contributed by atoms with Crippen molar-refractivity contribution in [3.8, 4) is 5.69 Å². The third-order valence-electron chi connectivity index (χ3n) is 4.07. The molecular weight excluding hydrogens is 348 g/mol. The highest BCUT2D eigenvalue weighted by Gasteiger charge is 2.19. The van der Waals surface area contributed by atoms with E-state index in [4.69, 9.17) is 4.74 Å². The van der Waals surface area contributed by atoms with Gasteiger partial charge in [-0.05, 0) is 31.2 Å². The molecule has 1 amide bonds. The van der Waals surface area contributed by atoms with Crippen LogP contribution in [0.25, 0.3) is 5.69 Å². The number of pyridine rings is 1. The Kier molecular flexibility index (Phi) is 5.16. The molecule has 0 saturated heterocycles. The maximum Gasteiger partial charge on any atom is 0.338 e. The Balaban J connectivity index is 1.73. The molecule has 0 aliphatic rings. The van der Waals surface area contributed by atoms with Gasteiger partial charge in [0.1, 0.15) is 5.69 Å². The van der Waals surface area contributed by atoms with Crippen LogP contribution < -0.4 is 10.9 Å². The summed E-state index contributed by atoms with van der Waals surface area (Å²) in [7, 11) is 1.73. The lowest BCUT2D eigenvalue weighted by Gasteiger charge is -2.07. The Bertz CT molecular complexity index is 1020. The third kappa shape index (κ3) is 3.79. The van der Waals surface area contributed by atoms with Crippen molar-refractivity contribution in [2.75, 3.05) is 11.9 Å². The van der Waals surface area contributed by atoms with Crippen LogP contribution >= 0.6 is 0 Å². The van der Waals surface area contributed by atoms with Crippen LogP contribution in [0.1, 0.15) is 16.1 Å². The summed E-state index contributed by atoms with van der Waals surface area (Å²) in [6, 6.07) is 12.1. The molecule has 0 unspecified atom stereocenters. The number of esters is 1. The van der Waals surface area contributed by atoms with Crippen molar-refractivity contribution in [1.82, 2.24) is 14.3 Å². The molecule has 0 radical (unpaired) electrons. The maximum atomic E-state index is 12.7. The molecule has 0 saturated carbocycles. The fourth-order valence-electron chi connectivity index (χ4n) is 2.59. The number of benzene rings is 1. The summed E-state index contributed by atoms with van der Waals surface area (Å²) >= 11 is 0. The summed E-state index contributed by atoms with van der Waals surface area (Å²) in [6.45, 7) is 1.22. The Morgan fingerprint density at radius 1 is 1.11 bits per heavy atom. The van der Waals surface area contributed by atoms with Crippen molar-refractivity contribution < 1.29 is 14.3 Å². The Labute approximate surface area is 155 Å². The zero-order valence-electron chi connectivity index (χ0n) is 14.9. The lowest BCUT2D eigenvalue weighted by molar-refractivity contribution is -0.119. The number of ether oxygens (including phenoxy) is 1. The second-order valence-electron chi connectivity index (χ2n) is 5.80. The predicted octanol–water partition coefficient (Wildman–Crippen LogP) is 1.67. The molecule has 27 heavy (non-hydrogen) atoms. The minimum atomic E-state index is -0.640. The van der Waals surface area contributed by atoms with E-state index in [9.17, 15) is 14.4 Å². The zero-order valence-corrected chi connectivity index (χ0v) is 14.9. The molecule has 8 heteroatoms. The first-order chi connectivity index (χ1) is 13.0. The van der Waals surface area contributed by atoms with Gasteiger partial charge in [-0.1, -0.05) is 18.2 Å². The van der Waals surface area contributed by atoms with Crippen LogP contribution in [-0.4, -0.2) is 32.8 Å². The number of hydrogen-bond acceptors (Lipinski definition) is 5. The van der Waals surface area contributed by atoms with Gasteiger partial charge in [0.2, 0.25) is 0 Å². The van der Waals surface area contributed by atoms with Crippen LogP contribution in [0.15, 0.2) is 59.7 Å². The molecule has 2 aromatic heterocycles. The van der Waals surface area contributed by atoms with E-state index in [2.05, 4.69) is 10.3 Å². The number of nitrogens with one attached hydrogen (secondary N) is 1. The lowest BCUT2D eigenvalue weighted by Crippen LogP contribution is -2.25. The molecule has 1 N–H and O–H groups in total. The number of rotatable bonds is 5. The highest BCUT2D eigenvalue weighted by molar-refractivity contribution is 5.95. The Morgan fingerprint density at radius 2 is 1.78 bits per heavy atom. The summed E-state index contributed by atoms with van der Waals surface area (Å²) in [5.74, 6) is -1.23. The quantitative estimate of drug-likeness (QED) is 0.693. The summed E-state index contributed by atoms with van der Waals surface area (Å²) < 4.78 is 8.07. The van der Waals surface area contributed by atoms with E-state index in [-0.39, 0.29) is 11.2 Å². The average molecular weight is 366 g/mol. The second-order valence-corrected chi connectivity index (χ2v) is 5.80. The van der Waals surface area contributed by atoms with Crippen LogP contribution in [0.2, 0.25) is 0 Å². The summed E-state index contributed by atoms with van der Waals surface area (Å²) in [6.07, 6.45) is 2.91. The first-order valence-electron chi connectivity index (χ1n) is 8.20. The van der Waals surface area contributed by atoms with Crippen LogP contribution in [0.4, 0.5) is 5.69 Å². The van der Waals surface area contributed by atoms with E-state index < -0.39 is 18.5 Å². The van der Waals surface area contributed by atoms with Crippen molar-refractivity contribution in [3.05, 3.63) is 76.5 Å². The van der Waals surface area contributed by atoms with E-state index in [1.165, 1.54) is 29.2 Å². The molecule has 0 aliphatic carbocycles. The number of anilines is 1. The van der Waals surface area contributed by atoms with Gasteiger partial charge in [-0.3, -0.25) is 19.3 Å². The molecule has 3 aromatic rings. The topological polar surface area (TPSA) is 95.2 Å². The molecule has 138 valence electrons. The second kappa shape index (κ2) is 7.69. The number of para-hydroxylation sites is 1. The van der Waals surface area contributed by atoms with E-state index in [1.807, 2.05) is 18.2 Å². The minimum absolute atomic E-state index is 0.145. The predicted molar refractivity (Wildman–Crippen MR) is 98.9 cm³/mol. The normalized spacial score (nSPS) is 10.4. The number of nitrogens with zero attached hydrogens (tertiary/aromatic N) is 3. The third-order valence-corrected chi connectivity index (χ3v) is 4.07. The summed E-state index contributed by atoms with van der Waals surface area (Å²) in [4.78, 5) is 40.6. The molecule has 0 bridgehead atoms. The summed E-state index contributed by atoms with van der Waals surface area (Å²) in [5.41, 5.74) is 1.33. The Hall–Kier alpha value is -3.68. The SMILES string of the molecule is Cc1c(NC(=O)COC(=O)c2ccncc2)c(=O)n(-c2ccccc2)n1C. The van der Waals surface area contributed by atoms with E-state index in [0.717, 1.165) is 0 Å². The first kappa shape index (κ1) is 18.1. The van der Waals surface area contributed by atoms with Crippen molar-refractivity contribution in [1.29, 1.82) is 0 Å². The standard InChI is InChI=1S/C19H18N4O4/c1-13-17(18(25)23(22(13)2)15-6-4-3-5-7-15)21-16(24)12-27-19(26)14-8-10-20-11-9-14/h3-11H,12H2,1-2H3,(H,21,24). The highest BCUT2D eigenvalue weighted by atomic mass is 16.5. The van der Waals surface area contributed by atoms with Gasteiger partial charge < -0.3 is 10.1 Å². The van der Waals surface area contributed by atoms with E-state index in [0.29, 0.717) is 16.9 Å². The first-order valence-corrected chi connectivity index (χ1v) is 8.20. The molecule has 0 aliphatic heterocycles. The smallest absolute Gasteiger partial charge is 0.338 e. The number of hydrogen-bond donors (Lipinski definition) is 1. The monoisotopic (exact) mass is 366 g/mol. The highest BCUT2D eigenvalue weighted by Crippen LogP contribution is 2.13. The zero-order chi connectivity index (χ0) is 19.4. The summed E-state index contributed by atoms with van der Waals surface area (Å²) in [5, 5.41) is 2.53. The van der Waals surface area contributed by atoms with Crippen molar-refractivity contribution >= 4 is 17.6 Å². The largest absolute Gasteiger partial charge is 0.452 e. The minimum Gasteiger partial charge on any atom is -0.452 e. The number of carbonyl (C=O) groups is 2. The molecule has 0 fully saturated rings. The fourth-order valence-corrected chi connectivity index (χ4v) is 2.59. The van der Waals surface area contributed by atoms with Gasteiger partial charge in [0.05, 0.1) is 16.9 Å². The van der Waals surface area contributed by atoms with Gasteiger partial charge in [0.15, 0.2) is 6.61 Å². The average Bonchev–Trinajstić information content (AvgIpc) is 2.90. The molecule has 2 heterocycles.